The molecule has 25 heavy (non-hydrogen) atoms. The van der Waals surface area contributed by atoms with Gasteiger partial charge in [-0.25, -0.2) is 0 Å². The summed E-state index contributed by atoms with van der Waals surface area (Å²) in [7, 11) is 0. The smallest absolute Gasteiger partial charge is 0.272 e. The third kappa shape index (κ3) is 3.55. The standard InChI is InChI=1S/C15H19Cl2N5O2S/c16-9-1-4-12(17)14(5-9)25(24)22-10-2-3-11(22)8-21(7-10)15(23)13(6-18)20-19/h1,4-6,10-11,20H,2-3,7-8,18-19H2/b13-6-. The number of benzene rings is 1. The second-order valence-corrected chi connectivity index (χ2v) is 8.21. The lowest BCUT2D eigenvalue weighted by molar-refractivity contribution is -0.129. The van der Waals surface area contributed by atoms with E-state index in [9.17, 15) is 9.35 Å². The van der Waals surface area contributed by atoms with Crippen molar-refractivity contribution in [1.82, 2.24) is 14.6 Å². The van der Waals surface area contributed by atoms with Gasteiger partial charge >= 0.3 is 0 Å². The minimum Gasteiger partial charge on any atom is -0.593 e. The monoisotopic (exact) mass is 403 g/mol. The van der Waals surface area contributed by atoms with Gasteiger partial charge in [-0.1, -0.05) is 23.2 Å². The first-order valence-electron chi connectivity index (χ1n) is 7.79. The molecule has 2 bridgehead atoms. The molecule has 136 valence electrons. The van der Waals surface area contributed by atoms with E-state index >= 15 is 0 Å². The van der Waals surface area contributed by atoms with Gasteiger partial charge in [0, 0.05) is 30.4 Å². The van der Waals surface area contributed by atoms with Crippen molar-refractivity contribution in [3.05, 3.63) is 40.1 Å². The lowest BCUT2D eigenvalue weighted by Crippen LogP contribution is -2.58. The number of nitrogens with one attached hydrogen (secondary N) is 1. The second-order valence-electron chi connectivity index (χ2n) is 6.00. The van der Waals surface area contributed by atoms with Gasteiger partial charge < -0.3 is 20.6 Å². The predicted molar refractivity (Wildman–Crippen MR) is 97.7 cm³/mol. The van der Waals surface area contributed by atoms with Crippen LogP contribution in [0.5, 0.6) is 0 Å². The predicted octanol–water partition coefficient (Wildman–Crippen LogP) is 0.955. The molecule has 3 atom stereocenters. The number of hydrazine groups is 1. The lowest BCUT2D eigenvalue weighted by Gasteiger charge is -2.40. The molecule has 0 radical (unpaired) electrons. The van der Waals surface area contributed by atoms with Gasteiger partial charge in [0.25, 0.3) is 5.91 Å². The Morgan fingerprint density at radius 3 is 2.52 bits per heavy atom. The number of carbonyl (C=O) groups excluding carboxylic acids is 1. The van der Waals surface area contributed by atoms with E-state index in [1.165, 1.54) is 0 Å². The molecule has 5 N–H and O–H groups in total. The highest BCUT2D eigenvalue weighted by molar-refractivity contribution is 7.89. The lowest BCUT2D eigenvalue weighted by atomic mass is 10.2. The summed E-state index contributed by atoms with van der Waals surface area (Å²) in [5, 5.41) is 0.905. The molecular formula is C15H19Cl2N5O2S. The average molecular weight is 404 g/mol. The third-order valence-electron chi connectivity index (χ3n) is 4.53. The fourth-order valence-corrected chi connectivity index (χ4v) is 5.50. The Morgan fingerprint density at radius 2 is 1.96 bits per heavy atom. The maximum Gasteiger partial charge on any atom is 0.272 e. The van der Waals surface area contributed by atoms with Crippen molar-refractivity contribution < 1.29 is 9.35 Å². The van der Waals surface area contributed by atoms with Crippen molar-refractivity contribution in [2.45, 2.75) is 29.8 Å². The maximum absolute atomic E-state index is 13.1. The first-order valence-corrected chi connectivity index (χ1v) is 9.65. The van der Waals surface area contributed by atoms with E-state index in [0.29, 0.717) is 28.0 Å². The molecule has 2 aliphatic rings. The van der Waals surface area contributed by atoms with Crippen LogP contribution in [0.3, 0.4) is 0 Å². The molecule has 2 heterocycles. The Kier molecular flexibility index (Phi) is 5.67. The van der Waals surface area contributed by atoms with Crippen LogP contribution in [0.2, 0.25) is 10.0 Å². The van der Waals surface area contributed by atoms with Crippen molar-refractivity contribution >= 4 is 40.5 Å². The van der Waals surface area contributed by atoms with E-state index in [1.54, 1.807) is 23.1 Å². The van der Waals surface area contributed by atoms with Gasteiger partial charge in [-0.2, -0.15) is 0 Å². The molecule has 7 nitrogen and oxygen atoms in total. The van der Waals surface area contributed by atoms with Crippen LogP contribution in [-0.4, -0.2) is 44.8 Å². The Hall–Kier alpha value is -1.16. The zero-order valence-electron chi connectivity index (χ0n) is 13.3. The van der Waals surface area contributed by atoms with Gasteiger partial charge in [-0.05, 0) is 25.0 Å². The highest BCUT2D eigenvalue weighted by Gasteiger charge is 2.49. The molecule has 3 rings (SSSR count). The Balaban J connectivity index is 1.79. The minimum absolute atomic E-state index is 0.0182. The number of hydrogen-bond donors (Lipinski definition) is 3. The number of nitrogens with zero attached hydrogens (tertiary/aromatic N) is 2. The molecule has 0 spiro atoms. The van der Waals surface area contributed by atoms with Crippen LogP contribution in [0.15, 0.2) is 35.0 Å². The zero-order valence-corrected chi connectivity index (χ0v) is 15.7. The summed E-state index contributed by atoms with van der Waals surface area (Å²) < 4.78 is 15.0. The van der Waals surface area contributed by atoms with Crippen LogP contribution in [-0.2, 0) is 16.2 Å². The average Bonchev–Trinajstić information content (AvgIpc) is 2.87. The molecule has 2 fully saturated rings. The summed E-state index contributed by atoms with van der Waals surface area (Å²) in [6, 6.07) is 4.90. The molecule has 2 saturated heterocycles. The van der Waals surface area contributed by atoms with E-state index < -0.39 is 11.4 Å². The summed E-state index contributed by atoms with van der Waals surface area (Å²) in [5.41, 5.74) is 7.88. The fourth-order valence-electron chi connectivity index (χ4n) is 3.38. The molecule has 0 saturated carbocycles. The molecule has 10 heteroatoms. The Labute approximate surface area is 159 Å². The number of likely N-dealkylation sites (tertiary alicyclic amines) is 1. The normalized spacial score (nSPS) is 25.1. The SMILES string of the molecule is N/C=C(\NN)C(=O)N1CC2CCC(C1)N2[S+]([O-])c1cc(Cl)ccc1Cl. The molecule has 0 aromatic heterocycles. The van der Waals surface area contributed by atoms with Crippen LogP contribution in [0.4, 0.5) is 0 Å². The third-order valence-corrected chi connectivity index (χ3v) is 6.90. The van der Waals surface area contributed by atoms with E-state index in [1.807, 2.05) is 4.31 Å². The van der Waals surface area contributed by atoms with Gasteiger partial charge in [0.15, 0.2) is 4.90 Å². The van der Waals surface area contributed by atoms with Crippen LogP contribution in [0.25, 0.3) is 0 Å². The van der Waals surface area contributed by atoms with Crippen molar-refractivity contribution in [3.8, 4) is 0 Å². The van der Waals surface area contributed by atoms with Crippen LogP contribution in [0.1, 0.15) is 12.8 Å². The molecule has 1 amide bonds. The molecule has 0 aliphatic carbocycles. The Bertz CT molecular complexity index is 690. The molecule has 2 aliphatic heterocycles. The van der Waals surface area contributed by atoms with Gasteiger partial charge in [0.2, 0.25) is 0 Å². The number of carbonyl (C=O) groups is 1. The summed E-state index contributed by atoms with van der Waals surface area (Å²) in [6.45, 7) is 0.913. The van der Waals surface area contributed by atoms with Gasteiger partial charge in [-0.3, -0.25) is 10.6 Å². The maximum atomic E-state index is 13.1. The van der Waals surface area contributed by atoms with E-state index in [0.717, 1.165) is 19.0 Å². The number of piperazine rings is 1. The first kappa shape index (κ1) is 18.6. The number of hydrogen-bond acceptors (Lipinski definition) is 6. The minimum atomic E-state index is -1.43. The Morgan fingerprint density at radius 1 is 1.32 bits per heavy atom. The van der Waals surface area contributed by atoms with E-state index in [-0.39, 0.29) is 23.7 Å². The first-order chi connectivity index (χ1) is 12.0. The second kappa shape index (κ2) is 7.61. The summed E-state index contributed by atoms with van der Waals surface area (Å²) >= 11 is 10.8. The van der Waals surface area contributed by atoms with Crippen LogP contribution < -0.4 is 17.0 Å². The quantitative estimate of drug-likeness (QED) is 0.298. The number of rotatable bonds is 4. The topological polar surface area (TPSA) is 111 Å². The van der Waals surface area contributed by atoms with Crippen molar-refractivity contribution in [1.29, 1.82) is 0 Å². The van der Waals surface area contributed by atoms with E-state index in [2.05, 4.69) is 5.43 Å². The van der Waals surface area contributed by atoms with Crippen LogP contribution >= 0.6 is 23.2 Å². The van der Waals surface area contributed by atoms with Gasteiger partial charge in [0.1, 0.15) is 5.70 Å². The van der Waals surface area contributed by atoms with Gasteiger partial charge in [0.05, 0.1) is 28.5 Å². The highest BCUT2D eigenvalue weighted by atomic mass is 35.5. The number of amides is 1. The van der Waals surface area contributed by atoms with E-state index in [4.69, 9.17) is 34.8 Å². The largest absolute Gasteiger partial charge is 0.593 e. The summed E-state index contributed by atoms with van der Waals surface area (Å²) in [6.07, 6.45) is 2.87. The van der Waals surface area contributed by atoms with Crippen molar-refractivity contribution in [2.75, 3.05) is 13.1 Å². The molecular weight excluding hydrogens is 385 g/mol. The molecule has 1 aromatic carbocycles. The highest BCUT2D eigenvalue weighted by Crippen LogP contribution is 2.38. The fraction of sp³-hybridized carbons (Fsp3) is 0.400. The van der Waals surface area contributed by atoms with Crippen LogP contribution in [0, 0.1) is 0 Å². The van der Waals surface area contributed by atoms with Crippen molar-refractivity contribution in [2.24, 2.45) is 11.6 Å². The molecule has 3 unspecified atom stereocenters. The summed E-state index contributed by atoms with van der Waals surface area (Å²) in [4.78, 5) is 14.6. The number of fused-ring (bicyclic) bond motifs is 2. The number of halogens is 2. The number of nitrogens with two attached hydrogens (primary N) is 2. The molecule has 1 aromatic rings. The zero-order chi connectivity index (χ0) is 18.1. The summed E-state index contributed by atoms with van der Waals surface area (Å²) in [5.74, 6) is 5.07. The van der Waals surface area contributed by atoms with Gasteiger partial charge in [-0.15, -0.1) is 4.31 Å². The van der Waals surface area contributed by atoms with Crippen molar-refractivity contribution in [3.63, 3.8) is 0 Å².